The zero-order valence-electron chi connectivity index (χ0n) is 8.08. The Morgan fingerprint density at radius 2 is 1.62 bits per heavy atom. The van der Waals surface area contributed by atoms with Crippen molar-refractivity contribution in [1.82, 2.24) is 0 Å². The van der Waals surface area contributed by atoms with Crippen molar-refractivity contribution in [2.45, 2.75) is 6.18 Å². The Bertz CT molecular complexity index is 546. The van der Waals surface area contributed by atoms with Gasteiger partial charge in [0, 0.05) is 0 Å². The second-order valence-corrected chi connectivity index (χ2v) is 3.38. The smallest absolute Gasteiger partial charge is 0.290 e. The topological polar surface area (TPSA) is 17.1 Å². The van der Waals surface area contributed by atoms with Gasteiger partial charge in [0.15, 0.2) is 5.43 Å². The van der Waals surface area contributed by atoms with E-state index in [0.29, 0.717) is 5.56 Å². The Labute approximate surface area is 89.5 Å². The van der Waals surface area contributed by atoms with E-state index >= 15 is 0 Å². The minimum absolute atomic E-state index is 0.0648. The first kappa shape index (κ1) is 10.7. The second kappa shape index (κ2) is 3.63. The van der Waals surface area contributed by atoms with Crippen LogP contribution >= 0.6 is 0 Å². The lowest BCUT2D eigenvalue weighted by molar-refractivity contribution is -0.137. The molecule has 0 N–H and O–H groups in total. The fraction of sp³-hybridized carbons (Fsp3) is 0.0833. The molecule has 0 radical (unpaired) electrons. The molecule has 0 saturated carbocycles. The molecule has 0 aromatic carbocycles. The van der Waals surface area contributed by atoms with Crippen molar-refractivity contribution in [1.29, 1.82) is 0 Å². The van der Waals surface area contributed by atoms with Gasteiger partial charge in [-0.1, -0.05) is 24.3 Å². The van der Waals surface area contributed by atoms with Gasteiger partial charge >= 0.3 is 6.18 Å². The number of rotatable bonds is 0. The average Bonchev–Trinajstić information content (AvgIpc) is 2.38. The Kier molecular flexibility index (Phi) is 2.42. The largest absolute Gasteiger partial charge is 0.417 e. The Morgan fingerprint density at radius 1 is 0.938 bits per heavy atom. The lowest BCUT2D eigenvalue weighted by Gasteiger charge is -2.10. The molecule has 0 aromatic rings. The Balaban J connectivity index is 2.84. The first-order chi connectivity index (χ1) is 7.48. The van der Waals surface area contributed by atoms with Gasteiger partial charge in [-0.3, -0.25) is 4.79 Å². The van der Waals surface area contributed by atoms with Crippen LogP contribution in [0.15, 0.2) is 47.3 Å². The van der Waals surface area contributed by atoms with E-state index in [0.717, 1.165) is 12.1 Å². The van der Waals surface area contributed by atoms with Gasteiger partial charge in [0.25, 0.3) is 0 Å². The van der Waals surface area contributed by atoms with Gasteiger partial charge in [0.2, 0.25) is 0 Å². The molecule has 0 atom stereocenters. The molecule has 0 amide bonds. The molecule has 0 unspecified atom stereocenters. The minimum Gasteiger partial charge on any atom is -0.290 e. The predicted molar refractivity (Wildman–Crippen MR) is 54.3 cm³/mol. The quantitative estimate of drug-likeness (QED) is 0.671. The van der Waals surface area contributed by atoms with Gasteiger partial charge in [-0.05, 0) is 29.3 Å². The van der Waals surface area contributed by atoms with E-state index in [2.05, 4.69) is 0 Å². The zero-order chi connectivity index (χ0) is 11.8. The lowest BCUT2D eigenvalue weighted by Crippen LogP contribution is -2.08. The molecule has 82 valence electrons. The van der Waals surface area contributed by atoms with Crippen LogP contribution in [0.5, 0.6) is 0 Å². The Morgan fingerprint density at radius 3 is 2.31 bits per heavy atom. The van der Waals surface area contributed by atoms with Gasteiger partial charge in [0.05, 0.1) is 5.56 Å². The second-order valence-electron chi connectivity index (χ2n) is 3.38. The summed E-state index contributed by atoms with van der Waals surface area (Å²) in [7, 11) is 0. The van der Waals surface area contributed by atoms with Gasteiger partial charge in [0.1, 0.15) is 0 Å². The molecule has 2 rings (SSSR count). The van der Waals surface area contributed by atoms with E-state index in [1.807, 2.05) is 0 Å². The summed E-state index contributed by atoms with van der Waals surface area (Å²) in [5.41, 5.74) is -0.878. The van der Waals surface area contributed by atoms with Crippen LogP contribution in [-0.4, -0.2) is 0 Å². The third-order valence-corrected chi connectivity index (χ3v) is 2.27. The van der Waals surface area contributed by atoms with Crippen LogP contribution in [-0.2, 0) is 6.18 Å². The monoisotopic (exact) mass is 224 g/mol. The number of benzene rings is 1. The molecule has 2 aliphatic carbocycles. The van der Waals surface area contributed by atoms with Crippen LogP contribution in [0.4, 0.5) is 13.2 Å². The van der Waals surface area contributed by atoms with E-state index < -0.39 is 17.2 Å². The van der Waals surface area contributed by atoms with Crippen LogP contribution < -0.4 is 5.43 Å². The molecule has 0 bridgehead atoms. The average molecular weight is 224 g/mol. The summed E-state index contributed by atoms with van der Waals surface area (Å²) in [6.07, 6.45) is -4.45. The van der Waals surface area contributed by atoms with Crippen molar-refractivity contribution in [2.75, 3.05) is 0 Å². The number of hydrogen-bond donors (Lipinski definition) is 0. The summed E-state index contributed by atoms with van der Waals surface area (Å²) < 4.78 is 38.1. The van der Waals surface area contributed by atoms with Gasteiger partial charge in [-0.15, -0.1) is 0 Å². The van der Waals surface area contributed by atoms with Crippen LogP contribution in [0.3, 0.4) is 0 Å². The normalized spacial score (nSPS) is 11.7. The third kappa shape index (κ3) is 1.91. The summed E-state index contributed by atoms with van der Waals surface area (Å²) in [6, 6.07) is 9.01. The molecule has 0 aliphatic heterocycles. The highest BCUT2D eigenvalue weighted by atomic mass is 19.4. The molecule has 0 heterocycles. The minimum atomic E-state index is -4.45. The molecule has 16 heavy (non-hydrogen) atoms. The van der Waals surface area contributed by atoms with Crippen LogP contribution in [0.1, 0.15) is 5.56 Å². The van der Waals surface area contributed by atoms with Gasteiger partial charge < -0.3 is 0 Å². The third-order valence-electron chi connectivity index (χ3n) is 2.27. The van der Waals surface area contributed by atoms with Crippen molar-refractivity contribution in [3.63, 3.8) is 0 Å². The highest BCUT2D eigenvalue weighted by Gasteiger charge is 2.33. The number of hydrogen-bond acceptors (Lipinski definition) is 1. The molecule has 4 heteroatoms. The summed E-state index contributed by atoms with van der Waals surface area (Å²) in [5, 5.41) is 0. The van der Waals surface area contributed by atoms with Crippen molar-refractivity contribution in [2.24, 2.45) is 0 Å². The summed E-state index contributed by atoms with van der Waals surface area (Å²) in [6.45, 7) is 0. The van der Waals surface area contributed by atoms with Crippen molar-refractivity contribution < 1.29 is 13.2 Å². The summed E-state index contributed by atoms with van der Waals surface area (Å²) >= 11 is 0. The van der Waals surface area contributed by atoms with Crippen LogP contribution in [0.25, 0.3) is 11.1 Å². The van der Waals surface area contributed by atoms with E-state index in [-0.39, 0.29) is 5.56 Å². The van der Waals surface area contributed by atoms with Gasteiger partial charge in [-0.2, -0.15) is 13.2 Å². The zero-order valence-corrected chi connectivity index (χ0v) is 8.08. The molecule has 0 saturated heterocycles. The summed E-state index contributed by atoms with van der Waals surface area (Å²) in [4.78, 5) is 11.1. The van der Waals surface area contributed by atoms with Crippen LogP contribution in [0.2, 0.25) is 0 Å². The number of halogens is 3. The molecule has 0 aromatic heterocycles. The standard InChI is InChI=1S/C12H7F3O/c13-12(14,15)11-4-2-1-3-8-5-6-9(16)7-10(8)11/h1-7H. The van der Waals surface area contributed by atoms with E-state index in [1.54, 1.807) is 6.07 Å². The number of alkyl halides is 3. The number of fused-ring (bicyclic) bond motifs is 1. The molecule has 0 spiro atoms. The molecular formula is C12H7F3O. The molecule has 0 fully saturated rings. The maximum absolute atomic E-state index is 12.7. The van der Waals surface area contributed by atoms with Crippen LogP contribution in [0, 0.1) is 0 Å². The lowest BCUT2D eigenvalue weighted by atomic mass is 10.0. The fourth-order valence-electron chi connectivity index (χ4n) is 1.56. The van der Waals surface area contributed by atoms with Crippen molar-refractivity contribution in [3.05, 3.63) is 58.3 Å². The first-order valence-electron chi connectivity index (χ1n) is 4.59. The predicted octanol–water partition coefficient (Wildman–Crippen LogP) is 3.17. The van der Waals surface area contributed by atoms with Gasteiger partial charge in [-0.25, -0.2) is 0 Å². The molecular weight excluding hydrogens is 217 g/mol. The molecule has 1 nitrogen and oxygen atoms in total. The van der Waals surface area contributed by atoms with E-state index in [1.165, 1.54) is 24.3 Å². The first-order valence-corrected chi connectivity index (χ1v) is 4.59. The molecule has 2 aliphatic rings. The van der Waals surface area contributed by atoms with Crippen molar-refractivity contribution >= 4 is 0 Å². The fourth-order valence-corrected chi connectivity index (χ4v) is 1.56. The van der Waals surface area contributed by atoms with E-state index in [4.69, 9.17) is 0 Å². The SMILES string of the molecule is O=c1ccc2ccccc(C(F)(F)F)c-2c1. The van der Waals surface area contributed by atoms with Crippen molar-refractivity contribution in [3.8, 4) is 11.1 Å². The van der Waals surface area contributed by atoms with E-state index in [9.17, 15) is 18.0 Å². The highest BCUT2D eigenvalue weighted by molar-refractivity contribution is 5.68. The maximum Gasteiger partial charge on any atom is 0.417 e. The summed E-state index contributed by atoms with van der Waals surface area (Å²) in [5.74, 6) is 0. The Hall–Kier alpha value is -1.84. The highest BCUT2D eigenvalue weighted by Crippen LogP contribution is 2.36. The maximum atomic E-state index is 12.7.